The van der Waals surface area contributed by atoms with Gasteiger partial charge in [0, 0.05) is 22.9 Å². The smallest absolute Gasteiger partial charge is 0.267 e. The normalized spacial score (nSPS) is 11.2. The number of hydrogen-bond donors (Lipinski definition) is 1. The summed E-state index contributed by atoms with van der Waals surface area (Å²) < 4.78 is 6.60. The highest BCUT2D eigenvalue weighted by molar-refractivity contribution is 6.10. The Morgan fingerprint density at radius 2 is 1.51 bits per heavy atom. The van der Waals surface area contributed by atoms with E-state index in [4.69, 9.17) is 9.73 Å². The third-order valence-corrected chi connectivity index (χ3v) is 5.80. The number of nitriles is 1. The van der Waals surface area contributed by atoms with E-state index < -0.39 is 5.91 Å². The molecule has 0 bridgehead atoms. The number of rotatable bonds is 6. The molecule has 0 atom stereocenters. The van der Waals surface area contributed by atoms with Crippen molar-refractivity contribution in [3.63, 3.8) is 0 Å². The molecule has 0 spiro atoms. The van der Waals surface area contributed by atoms with E-state index in [0.29, 0.717) is 17.0 Å². The molecule has 0 fully saturated rings. The molecule has 180 valence electrons. The molecule has 0 unspecified atom stereocenters. The molecule has 5 rings (SSSR count). The molecule has 1 amide bonds. The van der Waals surface area contributed by atoms with E-state index in [1.165, 1.54) is 6.08 Å². The number of hydrogen-bond acceptors (Lipinski definition) is 6. The van der Waals surface area contributed by atoms with E-state index in [-0.39, 0.29) is 11.4 Å². The van der Waals surface area contributed by atoms with Crippen LogP contribution in [0.1, 0.15) is 16.7 Å². The molecular weight excluding hydrogens is 464 g/mol. The molecular formula is C29H22N6O2. The molecule has 2 heterocycles. The lowest BCUT2D eigenvalue weighted by molar-refractivity contribution is -0.112. The Labute approximate surface area is 213 Å². The lowest BCUT2D eigenvalue weighted by Gasteiger charge is -2.03. The summed E-state index contributed by atoms with van der Waals surface area (Å²) in [5.74, 6) is -0.498. The average Bonchev–Trinajstić information content (AvgIpc) is 3.56. The Hall–Kier alpha value is -5.29. The Balaban J connectivity index is 1.50. The van der Waals surface area contributed by atoms with E-state index in [1.807, 2.05) is 98.8 Å². The lowest BCUT2D eigenvalue weighted by atomic mass is 10.0. The third-order valence-electron chi connectivity index (χ3n) is 5.80. The number of aryl methyl sites for hydroxylation is 2. The van der Waals surface area contributed by atoms with E-state index in [0.717, 1.165) is 27.9 Å². The number of amides is 1. The van der Waals surface area contributed by atoms with Crippen LogP contribution in [0.25, 0.3) is 34.3 Å². The van der Waals surface area contributed by atoms with Gasteiger partial charge in [-0.05, 0) is 42.4 Å². The van der Waals surface area contributed by atoms with Crippen molar-refractivity contribution in [3.05, 3.63) is 107 Å². The summed E-state index contributed by atoms with van der Waals surface area (Å²) in [5, 5.41) is 25.0. The number of carbonyl (C=O) groups excluding carboxylic acids is 1. The topological polar surface area (TPSA) is 110 Å². The van der Waals surface area contributed by atoms with Crippen LogP contribution < -0.4 is 5.32 Å². The minimum absolute atomic E-state index is 0.112. The number of anilines is 1. The van der Waals surface area contributed by atoms with E-state index >= 15 is 0 Å². The number of nitrogens with zero attached hydrogens (tertiary/aromatic N) is 5. The van der Waals surface area contributed by atoms with Gasteiger partial charge in [-0.3, -0.25) is 4.79 Å². The third kappa shape index (κ3) is 5.06. The Morgan fingerprint density at radius 3 is 2.14 bits per heavy atom. The van der Waals surface area contributed by atoms with Gasteiger partial charge in [0.1, 0.15) is 11.6 Å². The van der Waals surface area contributed by atoms with Gasteiger partial charge in [-0.1, -0.05) is 77.9 Å². The number of carbonyl (C=O) groups is 1. The molecule has 0 aliphatic heterocycles. The van der Waals surface area contributed by atoms with Crippen LogP contribution in [0.3, 0.4) is 0 Å². The second-order valence-electron chi connectivity index (χ2n) is 8.53. The van der Waals surface area contributed by atoms with E-state index in [2.05, 4.69) is 15.6 Å². The highest BCUT2D eigenvalue weighted by Crippen LogP contribution is 2.28. The van der Waals surface area contributed by atoms with Gasteiger partial charge in [0.25, 0.3) is 5.91 Å². The SMILES string of the molecule is Cc1ccc(-c2nn(-c3ccccc3)cc2/C=C(\C#N)C(=O)Nc2nonc2-c2ccc(C)cc2)cc1. The second-order valence-corrected chi connectivity index (χ2v) is 8.53. The van der Waals surface area contributed by atoms with Gasteiger partial charge in [0.05, 0.1) is 11.4 Å². The molecule has 8 nitrogen and oxygen atoms in total. The lowest BCUT2D eigenvalue weighted by Crippen LogP contribution is -2.14. The van der Waals surface area contributed by atoms with Crippen molar-refractivity contribution in [2.24, 2.45) is 0 Å². The number of para-hydroxylation sites is 1. The Morgan fingerprint density at radius 1 is 0.892 bits per heavy atom. The van der Waals surface area contributed by atoms with Gasteiger partial charge < -0.3 is 5.32 Å². The summed E-state index contributed by atoms with van der Waals surface area (Å²) in [5.41, 5.74) is 6.19. The maximum Gasteiger partial charge on any atom is 0.267 e. The van der Waals surface area contributed by atoms with Crippen molar-refractivity contribution in [3.8, 4) is 34.3 Å². The highest BCUT2D eigenvalue weighted by Gasteiger charge is 2.19. The van der Waals surface area contributed by atoms with Gasteiger partial charge in [-0.25, -0.2) is 9.31 Å². The maximum atomic E-state index is 13.1. The second kappa shape index (κ2) is 10.1. The van der Waals surface area contributed by atoms with Crippen molar-refractivity contribution in [1.29, 1.82) is 5.26 Å². The quantitative estimate of drug-likeness (QED) is 0.242. The zero-order chi connectivity index (χ0) is 25.8. The highest BCUT2D eigenvalue weighted by atomic mass is 16.6. The van der Waals surface area contributed by atoms with Crippen LogP contribution in [0.2, 0.25) is 0 Å². The van der Waals surface area contributed by atoms with Crippen molar-refractivity contribution in [2.45, 2.75) is 13.8 Å². The van der Waals surface area contributed by atoms with E-state index in [1.54, 1.807) is 10.9 Å². The van der Waals surface area contributed by atoms with Crippen molar-refractivity contribution in [2.75, 3.05) is 5.32 Å². The van der Waals surface area contributed by atoms with Gasteiger partial charge in [-0.2, -0.15) is 10.4 Å². The van der Waals surface area contributed by atoms with Gasteiger partial charge in [0.15, 0.2) is 5.69 Å². The average molecular weight is 487 g/mol. The first-order chi connectivity index (χ1) is 18.0. The summed E-state index contributed by atoms with van der Waals surface area (Å²) in [4.78, 5) is 13.1. The molecule has 0 aliphatic rings. The van der Waals surface area contributed by atoms with Crippen LogP contribution in [-0.2, 0) is 4.79 Å². The fraction of sp³-hybridized carbons (Fsp3) is 0.0690. The standard InChI is InChI=1S/C29H22N6O2/c1-19-8-12-21(13-9-19)26-24(18-35(32-26)25-6-4-3-5-7-25)16-23(17-30)29(36)31-28-27(33-37-34-28)22-14-10-20(2)11-15-22/h3-16,18H,1-2H3,(H,31,34,36)/b23-16+. The van der Waals surface area contributed by atoms with Crippen molar-refractivity contribution < 1.29 is 9.42 Å². The van der Waals surface area contributed by atoms with Gasteiger partial charge in [0.2, 0.25) is 5.82 Å². The zero-order valence-corrected chi connectivity index (χ0v) is 20.2. The van der Waals surface area contributed by atoms with Crippen LogP contribution in [0.15, 0.2) is 95.3 Å². The number of nitrogens with one attached hydrogen (secondary N) is 1. The van der Waals surface area contributed by atoms with Crippen LogP contribution in [0, 0.1) is 25.2 Å². The van der Waals surface area contributed by atoms with Crippen LogP contribution in [-0.4, -0.2) is 26.0 Å². The summed E-state index contributed by atoms with van der Waals surface area (Å²) in [7, 11) is 0. The Bertz CT molecular complexity index is 1620. The Kier molecular flexibility index (Phi) is 6.43. The first kappa shape index (κ1) is 23.5. The molecule has 1 N–H and O–H groups in total. The monoisotopic (exact) mass is 486 g/mol. The fourth-order valence-electron chi connectivity index (χ4n) is 3.79. The van der Waals surface area contributed by atoms with Crippen LogP contribution in [0.5, 0.6) is 0 Å². The molecule has 0 saturated carbocycles. The largest absolute Gasteiger partial charge is 0.301 e. The molecule has 37 heavy (non-hydrogen) atoms. The minimum atomic E-state index is -0.631. The predicted molar refractivity (Wildman–Crippen MR) is 140 cm³/mol. The zero-order valence-electron chi connectivity index (χ0n) is 20.2. The number of aromatic nitrogens is 4. The molecule has 2 aromatic heterocycles. The molecule has 8 heteroatoms. The molecule has 0 aliphatic carbocycles. The molecule has 0 radical (unpaired) electrons. The summed E-state index contributed by atoms with van der Waals surface area (Å²) in [6, 6.07) is 27.1. The fourth-order valence-corrected chi connectivity index (χ4v) is 3.79. The predicted octanol–water partition coefficient (Wildman–Crippen LogP) is 5.75. The number of benzene rings is 3. The molecule has 0 saturated heterocycles. The van der Waals surface area contributed by atoms with Crippen molar-refractivity contribution in [1.82, 2.24) is 20.1 Å². The summed E-state index contributed by atoms with van der Waals surface area (Å²) >= 11 is 0. The molecule has 3 aromatic carbocycles. The van der Waals surface area contributed by atoms with Crippen LogP contribution >= 0.6 is 0 Å². The first-order valence-electron chi connectivity index (χ1n) is 11.6. The van der Waals surface area contributed by atoms with Gasteiger partial charge >= 0.3 is 0 Å². The summed E-state index contributed by atoms with van der Waals surface area (Å²) in [6.45, 7) is 3.98. The van der Waals surface area contributed by atoms with E-state index in [9.17, 15) is 10.1 Å². The van der Waals surface area contributed by atoms with Crippen LogP contribution in [0.4, 0.5) is 5.82 Å². The summed E-state index contributed by atoms with van der Waals surface area (Å²) in [6.07, 6.45) is 3.32. The minimum Gasteiger partial charge on any atom is -0.301 e. The first-order valence-corrected chi connectivity index (χ1v) is 11.6. The maximum absolute atomic E-state index is 13.1. The van der Waals surface area contributed by atoms with Gasteiger partial charge in [-0.15, -0.1) is 0 Å². The molecule has 5 aromatic rings. The van der Waals surface area contributed by atoms with Crippen molar-refractivity contribution >= 4 is 17.8 Å².